The maximum Gasteiger partial charge on any atom is 0.140 e. The molecule has 6 heteroatoms. The van der Waals surface area contributed by atoms with Crippen LogP contribution < -0.4 is 5.32 Å². The number of pyridine rings is 1. The highest BCUT2D eigenvalue weighted by Gasteiger charge is 2.00. The third-order valence-corrected chi connectivity index (χ3v) is 2.45. The lowest BCUT2D eigenvalue weighted by molar-refractivity contribution is 1.21. The zero-order valence-electron chi connectivity index (χ0n) is 6.90. The Balaban J connectivity index is 2.64. The first-order valence-electron chi connectivity index (χ1n) is 3.65. The minimum Gasteiger partial charge on any atom is -0.366 e. The fraction of sp³-hybridized carbons (Fsp3) is 0.125. The van der Waals surface area contributed by atoms with Crippen molar-refractivity contribution in [2.24, 2.45) is 0 Å². The van der Waals surface area contributed by atoms with Crippen molar-refractivity contribution in [2.75, 3.05) is 11.9 Å². The third kappa shape index (κ3) is 4.05. The van der Waals surface area contributed by atoms with E-state index in [1.54, 1.807) is 18.3 Å². The van der Waals surface area contributed by atoms with Crippen LogP contribution in [0.3, 0.4) is 0 Å². The van der Waals surface area contributed by atoms with Crippen LogP contribution in [0.25, 0.3) is 0 Å². The summed E-state index contributed by atoms with van der Waals surface area (Å²) in [5, 5.41) is 3.59. The molecule has 0 fully saturated rings. The average Bonchev–Trinajstić information content (AvgIpc) is 2.08. The van der Waals surface area contributed by atoms with Gasteiger partial charge >= 0.3 is 0 Å². The molecule has 1 aromatic rings. The summed E-state index contributed by atoms with van der Waals surface area (Å²) in [6.45, 7) is 0.509. The number of aromatic nitrogens is 1. The Kier molecular flexibility index (Phi) is 5.02. The highest BCUT2D eigenvalue weighted by atomic mass is 79.9. The van der Waals surface area contributed by atoms with Crippen molar-refractivity contribution in [3.63, 3.8) is 0 Å². The minimum atomic E-state index is 0.225. The Hall–Kier alpha value is 0.0400. The molecule has 0 aliphatic carbocycles. The normalized spacial score (nSPS) is 9.71. The average molecular weight is 316 g/mol. The highest BCUT2D eigenvalue weighted by Crippen LogP contribution is 2.22. The van der Waals surface area contributed by atoms with Crippen molar-refractivity contribution in [3.05, 3.63) is 32.3 Å². The van der Waals surface area contributed by atoms with E-state index in [0.29, 0.717) is 17.4 Å². The van der Waals surface area contributed by atoms with Gasteiger partial charge in [-0.1, -0.05) is 34.8 Å². The lowest BCUT2D eigenvalue weighted by atomic mass is 10.4. The van der Waals surface area contributed by atoms with E-state index >= 15 is 0 Å². The molecule has 14 heavy (non-hydrogen) atoms. The van der Waals surface area contributed by atoms with Crippen LogP contribution in [-0.2, 0) is 0 Å². The second-order valence-electron chi connectivity index (χ2n) is 2.36. The molecule has 2 nitrogen and oxygen atoms in total. The molecular weight excluding hydrogens is 310 g/mol. The van der Waals surface area contributed by atoms with Gasteiger partial charge in [0.25, 0.3) is 0 Å². The quantitative estimate of drug-likeness (QED) is 0.903. The maximum atomic E-state index is 5.73. The van der Waals surface area contributed by atoms with Crippen molar-refractivity contribution >= 4 is 56.6 Å². The van der Waals surface area contributed by atoms with Crippen molar-refractivity contribution in [1.29, 1.82) is 0 Å². The van der Waals surface area contributed by atoms with Gasteiger partial charge in [-0.3, -0.25) is 0 Å². The van der Waals surface area contributed by atoms with E-state index in [1.165, 1.54) is 0 Å². The van der Waals surface area contributed by atoms with Gasteiger partial charge in [0.1, 0.15) is 10.3 Å². The fourth-order valence-corrected chi connectivity index (χ4v) is 1.70. The first-order chi connectivity index (χ1) is 6.59. The molecule has 1 N–H and O–H groups in total. The van der Waals surface area contributed by atoms with Crippen molar-refractivity contribution < 1.29 is 0 Å². The number of hydrogen-bond donors (Lipinski definition) is 1. The molecule has 0 saturated heterocycles. The van der Waals surface area contributed by atoms with Gasteiger partial charge in [0.05, 0.1) is 9.50 Å². The van der Waals surface area contributed by atoms with Gasteiger partial charge in [-0.15, -0.1) is 0 Å². The monoisotopic (exact) mass is 314 g/mol. The number of halogens is 4. The van der Waals surface area contributed by atoms with E-state index in [-0.39, 0.29) is 4.49 Å². The summed E-state index contributed by atoms with van der Waals surface area (Å²) in [5.41, 5.74) is 0. The number of nitrogens with zero attached hydrogens (tertiary/aromatic N) is 1. The molecule has 1 rings (SSSR count). The van der Waals surface area contributed by atoms with Crippen LogP contribution in [0.2, 0.25) is 5.02 Å². The van der Waals surface area contributed by atoms with Crippen LogP contribution in [0.15, 0.2) is 27.3 Å². The zero-order chi connectivity index (χ0) is 10.6. The molecule has 0 aliphatic heterocycles. The molecule has 1 heterocycles. The molecule has 0 radical (unpaired) electrons. The largest absolute Gasteiger partial charge is 0.366 e. The van der Waals surface area contributed by atoms with Crippen LogP contribution in [-0.4, -0.2) is 11.5 Å². The summed E-state index contributed by atoms with van der Waals surface area (Å²) in [6.07, 6.45) is 3.19. The predicted octanol–water partition coefficient (Wildman–Crippen LogP) is 4.23. The molecule has 0 aromatic carbocycles. The van der Waals surface area contributed by atoms with Gasteiger partial charge in [0, 0.05) is 12.7 Å². The van der Waals surface area contributed by atoms with Crippen molar-refractivity contribution in [3.8, 4) is 0 Å². The van der Waals surface area contributed by atoms with Gasteiger partial charge in [0.15, 0.2) is 0 Å². The van der Waals surface area contributed by atoms with E-state index in [9.17, 15) is 0 Å². The Morgan fingerprint density at radius 3 is 2.86 bits per heavy atom. The van der Waals surface area contributed by atoms with Crippen LogP contribution in [0.5, 0.6) is 0 Å². The molecule has 0 atom stereocenters. The molecule has 0 amide bonds. The second-order valence-corrected chi connectivity index (χ2v) is 4.66. The zero-order valence-corrected chi connectivity index (χ0v) is 10.8. The molecule has 76 valence electrons. The van der Waals surface area contributed by atoms with E-state index in [4.69, 9.17) is 34.8 Å². The molecule has 0 unspecified atom stereocenters. The number of hydrogen-bond acceptors (Lipinski definition) is 2. The van der Waals surface area contributed by atoms with E-state index in [0.717, 1.165) is 4.47 Å². The number of nitrogens with one attached hydrogen (secondary N) is 1. The third-order valence-electron chi connectivity index (χ3n) is 1.33. The SMILES string of the molecule is ClC(Cl)=CCNc1ncc(Cl)cc1Br. The lowest BCUT2D eigenvalue weighted by Crippen LogP contribution is -2.01. The first-order valence-corrected chi connectivity index (χ1v) is 5.58. The molecular formula is C8H6BrCl3N2. The summed E-state index contributed by atoms with van der Waals surface area (Å²) >= 11 is 19.9. The molecule has 1 aromatic heterocycles. The molecule has 0 saturated carbocycles. The van der Waals surface area contributed by atoms with Crippen LogP contribution >= 0.6 is 50.7 Å². The van der Waals surface area contributed by atoms with Gasteiger partial charge in [0.2, 0.25) is 0 Å². The van der Waals surface area contributed by atoms with E-state index in [2.05, 4.69) is 26.2 Å². The fourth-order valence-electron chi connectivity index (χ4n) is 0.770. The van der Waals surface area contributed by atoms with Gasteiger partial charge < -0.3 is 5.32 Å². The van der Waals surface area contributed by atoms with E-state index in [1.807, 2.05) is 0 Å². The van der Waals surface area contributed by atoms with Crippen LogP contribution in [0, 0.1) is 0 Å². The Morgan fingerprint density at radius 1 is 1.57 bits per heavy atom. The lowest BCUT2D eigenvalue weighted by Gasteiger charge is -2.04. The Labute approximate surface area is 105 Å². The molecule has 0 spiro atoms. The summed E-state index contributed by atoms with van der Waals surface area (Å²) in [5.74, 6) is 0.695. The van der Waals surface area contributed by atoms with Crippen molar-refractivity contribution in [2.45, 2.75) is 0 Å². The van der Waals surface area contributed by atoms with Gasteiger partial charge in [-0.05, 0) is 28.1 Å². The molecule has 0 bridgehead atoms. The summed E-state index contributed by atoms with van der Waals surface area (Å²) < 4.78 is 1.02. The maximum absolute atomic E-state index is 5.73. The minimum absolute atomic E-state index is 0.225. The van der Waals surface area contributed by atoms with Gasteiger partial charge in [-0.25, -0.2) is 4.98 Å². The Morgan fingerprint density at radius 2 is 2.29 bits per heavy atom. The predicted molar refractivity (Wildman–Crippen MR) is 65.2 cm³/mol. The second kappa shape index (κ2) is 5.81. The topological polar surface area (TPSA) is 24.9 Å². The summed E-state index contributed by atoms with van der Waals surface area (Å²) in [7, 11) is 0. The standard InChI is InChI=1S/C8H6BrCl3N2/c9-6-3-5(10)4-14-8(6)13-2-1-7(11)12/h1,3-4H,2H2,(H,13,14). The summed E-state index contributed by atoms with van der Waals surface area (Å²) in [4.78, 5) is 4.07. The number of rotatable bonds is 3. The van der Waals surface area contributed by atoms with E-state index < -0.39 is 0 Å². The van der Waals surface area contributed by atoms with Gasteiger partial charge in [-0.2, -0.15) is 0 Å². The van der Waals surface area contributed by atoms with Crippen LogP contribution in [0.1, 0.15) is 0 Å². The summed E-state index contributed by atoms with van der Waals surface area (Å²) in [6, 6.07) is 1.75. The number of anilines is 1. The Bertz CT molecular complexity index is 350. The molecule has 0 aliphatic rings. The highest BCUT2D eigenvalue weighted by molar-refractivity contribution is 9.10. The first kappa shape index (κ1) is 12.1. The van der Waals surface area contributed by atoms with Crippen LogP contribution in [0.4, 0.5) is 5.82 Å². The van der Waals surface area contributed by atoms with Crippen molar-refractivity contribution in [1.82, 2.24) is 4.98 Å². The smallest absolute Gasteiger partial charge is 0.140 e.